The Kier molecular flexibility index (Phi) is 4.34. The number of hydrogen-bond donors (Lipinski definition) is 2. The van der Waals surface area contributed by atoms with Crippen molar-refractivity contribution in [2.24, 2.45) is 0 Å². The van der Waals surface area contributed by atoms with Crippen molar-refractivity contribution in [3.63, 3.8) is 0 Å². The molecule has 108 valence electrons. The van der Waals surface area contributed by atoms with Gasteiger partial charge in [0.15, 0.2) is 0 Å². The normalized spacial score (nSPS) is 12.4. The summed E-state index contributed by atoms with van der Waals surface area (Å²) in [7, 11) is 0. The van der Waals surface area contributed by atoms with Gasteiger partial charge in [-0.15, -0.1) is 0 Å². The lowest BCUT2D eigenvalue weighted by Crippen LogP contribution is -2.23. The Morgan fingerprint density at radius 3 is 2.75 bits per heavy atom. The second kappa shape index (κ2) is 6.18. The summed E-state index contributed by atoms with van der Waals surface area (Å²) in [5.74, 6) is 0.536. The molecule has 0 fully saturated rings. The van der Waals surface area contributed by atoms with Crippen LogP contribution in [0.15, 0.2) is 18.7 Å². The van der Waals surface area contributed by atoms with Gasteiger partial charge in [0.1, 0.15) is 0 Å². The molecule has 0 radical (unpaired) electrons. The zero-order chi connectivity index (χ0) is 14.5. The number of rotatable bonds is 6. The first-order chi connectivity index (χ1) is 9.52. The summed E-state index contributed by atoms with van der Waals surface area (Å²) in [6.07, 6.45) is 5.37. The Balaban J connectivity index is 2.02. The van der Waals surface area contributed by atoms with E-state index in [0.717, 1.165) is 6.54 Å². The molecule has 0 aliphatic rings. The molecule has 2 heterocycles. The number of nitrogen functional groups attached to an aromatic ring is 1. The van der Waals surface area contributed by atoms with E-state index in [1.807, 2.05) is 31.5 Å². The highest BCUT2D eigenvalue weighted by molar-refractivity contribution is 5.33. The SMILES string of the molecule is CC(Cn1ccnc1)Nc1nc(N)nc(OC(C)C)n1. The number of nitrogens with one attached hydrogen (secondary N) is 1. The third-order valence-corrected chi connectivity index (χ3v) is 2.39. The van der Waals surface area contributed by atoms with Crippen molar-refractivity contribution in [2.45, 2.75) is 39.5 Å². The molecule has 8 nitrogen and oxygen atoms in total. The van der Waals surface area contributed by atoms with Crippen LogP contribution in [-0.4, -0.2) is 36.6 Å². The van der Waals surface area contributed by atoms with Crippen LogP contribution in [0.2, 0.25) is 0 Å². The zero-order valence-electron chi connectivity index (χ0n) is 11.8. The molecule has 0 amide bonds. The molecule has 2 rings (SSSR count). The van der Waals surface area contributed by atoms with Crippen LogP contribution in [0.1, 0.15) is 20.8 Å². The smallest absolute Gasteiger partial charge is 0.323 e. The largest absolute Gasteiger partial charge is 0.461 e. The lowest BCUT2D eigenvalue weighted by Gasteiger charge is -2.15. The van der Waals surface area contributed by atoms with Crippen LogP contribution in [0.4, 0.5) is 11.9 Å². The number of aromatic nitrogens is 5. The zero-order valence-corrected chi connectivity index (χ0v) is 11.8. The summed E-state index contributed by atoms with van der Waals surface area (Å²) in [5, 5.41) is 3.16. The first-order valence-corrected chi connectivity index (χ1v) is 6.43. The molecular formula is C12H19N7O. The van der Waals surface area contributed by atoms with Crippen LogP contribution in [0.25, 0.3) is 0 Å². The van der Waals surface area contributed by atoms with E-state index in [1.54, 1.807) is 12.5 Å². The van der Waals surface area contributed by atoms with Crippen LogP contribution in [0, 0.1) is 0 Å². The molecule has 0 saturated carbocycles. The maximum Gasteiger partial charge on any atom is 0.323 e. The van der Waals surface area contributed by atoms with Crippen molar-refractivity contribution < 1.29 is 4.74 Å². The van der Waals surface area contributed by atoms with E-state index >= 15 is 0 Å². The minimum absolute atomic E-state index is 0.0203. The summed E-state index contributed by atoms with van der Waals surface area (Å²) in [6.45, 7) is 6.55. The maximum absolute atomic E-state index is 5.65. The van der Waals surface area contributed by atoms with Crippen LogP contribution < -0.4 is 15.8 Å². The fourth-order valence-corrected chi connectivity index (χ4v) is 1.68. The minimum atomic E-state index is -0.0203. The van der Waals surface area contributed by atoms with Gasteiger partial charge in [-0.1, -0.05) is 0 Å². The molecule has 0 aliphatic carbocycles. The quantitative estimate of drug-likeness (QED) is 0.809. The monoisotopic (exact) mass is 277 g/mol. The first kappa shape index (κ1) is 14.0. The molecule has 0 saturated heterocycles. The van der Waals surface area contributed by atoms with E-state index in [1.165, 1.54) is 0 Å². The van der Waals surface area contributed by atoms with Crippen LogP contribution >= 0.6 is 0 Å². The van der Waals surface area contributed by atoms with E-state index < -0.39 is 0 Å². The Morgan fingerprint density at radius 1 is 1.30 bits per heavy atom. The highest BCUT2D eigenvalue weighted by Crippen LogP contribution is 2.11. The second-order valence-corrected chi connectivity index (χ2v) is 4.77. The summed E-state index contributed by atoms with van der Waals surface area (Å²) >= 11 is 0. The van der Waals surface area contributed by atoms with Gasteiger partial charge < -0.3 is 20.4 Å². The number of ether oxygens (including phenoxy) is 1. The standard InChI is InChI=1S/C12H19N7O/c1-8(2)20-12-17-10(13)16-11(18-12)15-9(3)6-19-5-4-14-7-19/h4-5,7-9H,6H2,1-3H3,(H3,13,15,16,17,18). The van der Waals surface area contributed by atoms with E-state index in [2.05, 4.69) is 25.3 Å². The van der Waals surface area contributed by atoms with Gasteiger partial charge in [-0.2, -0.15) is 15.0 Å². The summed E-state index contributed by atoms with van der Waals surface area (Å²) < 4.78 is 7.39. The Morgan fingerprint density at radius 2 is 2.10 bits per heavy atom. The molecule has 8 heteroatoms. The van der Waals surface area contributed by atoms with Gasteiger partial charge in [-0.25, -0.2) is 4.98 Å². The number of nitrogens with two attached hydrogens (primary N) is 1. The molecule has 3 N–H and O–H groups in total. The molecule has 20 heavy (non-hydrogen) atoms. The van der Waals surface area contributed by atoms with Crippen molar-refractivity contribution in [1.82, 2.24) is 24.5 Å². The molecule has 1 unspecified atom stereocenters. The predicted octanol–water partition coefficient (Wildman–Crippen LogP) is 0.938. The third-order valence-electron chi connectivity index (χ3n) is 2.39. The number of hydrogen-bond acceptors (Lipinski definition) is 7. The molecule has 0 spiro atoms. The second-order valence-electron chi connectivity index (χ2n) is 4.77. The van der Waals surface area contributed by atoms with Gasteiger partial charge in [0.05, 0.1) is 12.4 Å². The lowest BCUT2D eigenvalue weighted by atomic mass is 10.3. The van der Waals surface area contributed by atoms with E-state index in [-0.39, 0.29) is 24.1 Å². The molecule has 2 aromatic rings. The predicted molar refractivity (Wildman–Crippen MR) is 75.3 cm³/mol. The molecule has 0 aliphatic heterocycles. The number of anilines is 2. The minimum Gasteiger partial charge on any atom is -0.461 e. The Hall–Kier alpha value is -2.38. The van der Waals surface area contributed by atoms with E-state index in [0.29, 0.717) is 5.95 Å². The van der Waals surface area contributed by atoms with E-state index in [4.69, 9.17) is 10.5 Å². The Bertz CT molecular complexity index is 541. The summed E-state index contributed by atoms with van der Waals surface area (Å²) in [5.41, 5.74) is 5.65. The average Bonchev–Trinajstić information content (AvgIpc) is 2.79. The highest BCUT2D eigenvalue weighted by atomic mass is 16.5. The fraction of sp³-hybridized carbons (Fsp3) is 0.500. The van der Waals surface area contributed by atoms with Crippen LogP contribution in [-0.2, 0) is 6.54 Å². The molecular weight excluding hydrogens is 258 g/mol. The topological polar surface area (TPSA) is 104 Å². The molecule has 2 aromatic heterocycles. The summed E-state index contributed by atoms with van der Waals surface area (Å²) in [4.78, 5) is 16.2. The van der Waals surface area contributed by atoms with Gasteiger partial charge >= 0.3 is 6.01 Å². The van der Waals surface area contributed by atoms with Gasteiger partial charge in [-0.3, -0.25) is 0 Å². The molecule has 0 aromatic carbocycles. The molecule has 1 atom stereocenters. The van der Waals surface area contributed by atoms with Crippen molar-refractivity contribution in [3.05, 3.63) is 18.7 Å². The average molecular weight is 277 g/mol. The summed E-state index contributed by atoms with van der Waals surface area (Å²) in [6, 6.07) is 0.336. The van der Waals surface area contributed by atoms with Crippen molar-refractivity contribution in [3.8, 4) is 6.01 Å². The highest BCUT2D eigenvalue weighted by Gasteiger charge is 2.10. The number of nitrogens with zero attached hydrogens (tertiary/aromatic N) is 5. The number of imidazole rings is 1. The van der Waals surface area contributed by atoms with Gasteiger partial charge in [0, 0.05) is 25.0 Å². The fourth-order valence-electron chi connectivity index (χ4n) is 1.68. The van der Waals surface area contributed by atoms with Crippen molar-refractivity contribution >= 4 is 11.9 Å². The maximum atomic E-state index is 5.65. The van der Waals surface area contributed by atoms with Crippen molar-refractivity contribution in [1.29, 1.82) is 0 Å². The third kappa shape index (κ3) is 4.08. The first-order valence-electron chi connectivity index (χ1n) is 6.43. The Labute approximate surface area is 117 Å². The van der Waals surface area contributed by atoms with Crippen LogP contribution in [0.3, 0.4) is 0 Å². The van der Waals surface area contributed by atoms with Crippen molar-refractivity contribution in [2.75, 3.05) is 11.1 Å². The molecule has 0 bridgehead atoms. The lowest BCUT2D eigenvalue weighted by molar-refractivity contribution is 0.222. The van der Waals surface area contributed by atoms with Gasteiger partial charge in [0.25, 0.3) is 0 Å². The van der Waals surface area contributed by atoms with Gasteiger partial charge in [0.2, 0.25) is 11.9 Å². The van der Waals surface area contributed by atoms with E-state index in [9.17, 15) is 0 Å². The van der Waals surface area contributed by atoms with Gasteiger partial charge in [-0.05, 0) is 20.8 Å². The van der Waals surface area contributed by atoms with Crippen LogP contribution in [0.5, 0.6) is 6.01 Å².